The molecule has 0 unspecified atom stereocenters. The van der Waals surface area contributed by atoms with Crippen LogP contribution in [0.15, 0.2) is 49.1 Å². The van der Waals surface area contributed by atoms with Gasteiger partial charge in [-0.3, -0.25) is 9.97 Å². The first-order valence-electron chi connectivity index (χ1n) is 8.05. The number of aryl methyl sites for hydroxylation is 2. The molecule has 0 bridgehead atoms. The molecule has 2 rings (SSSR count). The number of aliphatic hydroxyl groups excluding tert-OH is 2. The molecule has 0 spiro atoms. The quantitative estimate of drug-likeness (QED) is 0.597. The van der Waals surface area contributed by atoms with E-state index in [1.807, 2.05) is 24.3 Å². The molecule has 0 aliphatic carbocycles. The summed E-state index contributed by atoms with van der Waals surface area (Å²) in [5.41, 5.74) is 2.50. The molecule has 6 heteroatoms. The van der Waals surface area contributed by atoms with Gasteiger partial charge >= 0.3 is 0 Å². The minimum absolute atomic E-state index is 0.567. The first kappa shape index (κ1) is 19.2. The highest BCUT2D eigenvalue weighted by atomic mass is 32.2. The first-order valence-corrected chi connectivity index (χ1v) is 10.4. The van der Waals surface area contributed by atoms with Crippen molar-refractivity contribution in [1.82, 2.24) is 9.97 Å². The third-order valence-electron chi connectivity index (χ3n) is 3.59. The van der Waals surface area contributed by atoms with Crippen LogP contribution < -0.4 is 0 Å². The topological polar surface area (TPSA) is 66.2 Å². The van der Waals surface area contributed by atoms with E-state index in [4.69, 9.17) is 0 Å². The van der Waals surface area contributed by atoms with Crippen LogP contribution in [0.4, 0.5) is 0 Å². The van der Waals surface area contributed by atoms with E-state index in [2.05, 4.69) is 9.97 Å². The first-order chi connectivity index (χ1) is 11.8. The maximum atomic E-state index is 10.0. The molecule has 2 aromatic heterocycles. The molecule has 0 saturated heterocycles. The van der Waals surface area contributed by atoms with E-state index in [-0.39, 0.29) is 0 Å². The zero-order valence-corrected chi connectivity index (χ0v) is 15.3. The highest BCUT2D eigenvalue weighted by Crippen LogP contribution is 2.13. The molecule has 0 aliphatic rings. The molecule has 0 amide bonds. The van der Waals surface area contributed by atoms with Crippen molar-refractivity contribution < 1.29 is 10.2 Å². The molecule has 2 aromatic rings. The van der Waals surface area contributed by atoms with Crippen LogP contribution in [-0.2, 0) is 12.8 Å². The Balaban J connectivity index is 1.52. The maximum absolute atomic E-state index is 10.0. The zero-order chi connectivity index (χ0) is 17.0. The molecule has 0 fully saturated rings. The maximum Gasteiger partial charge on any atom is 0.0897 e. The summed E-state index contributed by atoms with van der Waals surface area (Å²) in [4.78, 5) is 7.99. The Kier molecular flexibility index (Phi) is 9.20. The fraction of sp³-hybridized carbons (Fsp3) is 0.444. The van der Waals surface area contributed by atoms with E-state index in [0.29, 0.717) is 11.5 Å². The van der Waals surface area contributed by atoms with Gasteiger partial charge in [-0.1, -0.05) is 0 Å². The molecule has 2 N–H and O–H groups in total. The normalized spacial score (nSPS) is 13.6. The smallest absolute Gasteiger partial charge is 0.0897 e. The van der Waals surface area contributed by atoms with E-state index >= 15 is 0 Å². The lowest BCUT2D eigenvalue weighted by atomic mass is 10.2. The molecular formula is C18H24N2O2S2. The molecule has 24 heavy (non-hydrogen) atoms. The highest BCUT2D eigenvalue weighted by molar-refractivity contribution is 7.99. The van der Waals surface area contributed by atoms with E-state index in [1.54, 1.807) is 48.3 Å². The minimum atomic E-state index is -0.666. The van der Waals surface area contributed by atoms with E-state index in [9.17, 15) is 10.2 Å². The summed E-state index contributed by atoms with van der Waals surface area (Å²) < 4.78 is 0. The average Bonchev–Trinajstić information content (AvgIpc) is 2.63. The van der Waals surface area contributed by atoms with Crippen molar-refractivity contribution in [1.29, 1.82) is 0 Å². The molecule has 0 radical (unpaired) electrons. The summed E-state index contributed by atoms with van der Waals surface area (Å²) >= 11 is 3.35. The van der Waals surface area contributed by atoms with Gasteiger partial charge in [0.15, 0.2) is 0 Å². The SMILES string of the molecule is O[C@@H](CSCCc1ccncc1)[C@@H](O)CSCCc1ccncc1. The molecular weight excluding hydrogens is 340 g/mol. The van der Waals surface area contributed by atoms with Crippen molar-refractivity contribution in [2.24, 2.45) is 0 Å². The third kappa shape index (κ3) is 7.66. The number of hydrogen-bond acceptors (Lipinski definition) is 6. The number of rotatable bonds is 11. The summed E-state index contributed by atoms with van der Waals surface area (Å²) in [7, 11) is 0. The predicted molar refractivity (Wildman–Crippen MR) is 103 cm³/mol. The van der Waals surface area contributed by atoms with Gasteiger partial charge in [-0.25, -0.2) is 0 Å². The van der Waals surface area contributed by atoms with Crippen LogP contribution in [0.2, 0.25) is 0 Å². The average molecular weight is 365 g/mol. The second-order valence-electron chi connectivity index (χ2n) is 5.50. The Morgan fingerprint density at radius 2 is 1.08 bits per heavy atom. The summed E-state index contributed by atoms with van der Waals surface area (Å²) in [6.45, 7) is 0. The fourth-order valence-corrected chi connectivity index (χ4v) is 4.13. The summed E-state index contributed by atoms with van der Waals surface area (Å²) in [5.74, 6) is 3.00. The number of aromatic nitrogens is 2. The summed E-state index contributed by atoms with van der Waals surface area (Å²) in [6.07, 6.45) is 7.75. The second-order valence-corrected chi connectivity index (χ2v) is 7.80. The number of pyridine rings is 2. The van der Waals surface area contributed by atoms with Crippen LogP contribution in [0.1, 0.15) is 11.1 Å². The van der Waals surface area contributed by atoms with Gasteiger partial charge in [0.1, 0.15) is 0 Å². The van der Waals surface area contributed by atoms with Crippen molar-refractivity contribution in [2.45, 2.75) is 25.0 Å². The van der Waals surface area contributed by atoms with Crippen LogP contribution in [0.5, 0.6) is 0 Å². The monoisotopic (exact) mass is 364 g/mol. The van der Waals surface area contributed by atoms with Crippen LogP contribution >= 0.6 is 23.5 Å². The van der Waals surface area contributed by atoms with Gasteiger partial charge in [0.2, 0.25) is 0 Å². The molecule has 2 atom stereocenters. The predicted octanol–water partition coefficient (Wildman–Crippen LogP) is 2.45. The molecule has 0 saturated carbocycles. The number of nitrogens with zero attached hydrogens (tertiary/aromatic N) is 2. The van der Waals surface area contributed by atoms with Crippen molar-refractivity contribution in [3.05, 3.63) is 60.2 Å². The van der Waals surface area contributed by atoms with Gasteiger partial charge in [0.25, 0.3) is 0 Å². The van der Waals surface area contributed by atoms with Crippen molar-refractivity contribution in [3.8, 4) is 0 Å². The Morgan fingerprint density at radius 1 is 0.708 bits per heavy atom. The minimum Gasteiger partial charge on any atom is -0.390 e. The molecule has 0 aromatic carbocycles. The van der Waals surface area contributed by atoms with Crippen LogP contribution in [0.25, 0.3) is 0 Å². The van der Waals surface area contributed by atoms with Crippen molar-refractivity contribution in [2.75, 3.05) is 23.0 Å². The lowest BCUT2D eigenvalue weighted by molar-refractivity contribution is 0.0500. The van der Waals surface area contributed by atoms with Gasteiger partial charge in [-0.05, 0) is 59.7 Å². The second kappa shape index (κ2) is 11.5. The van der Waals surface area contributed by atoms with Crippen molar-refractivity contribution >= 4 is 23.5 Å². The van der Waals surface area contributed by atoms with E-state index in [0.717, 1.165) is 24.3 Å². The van der Waals surface area contributed by atoms with E-state index in [1.165, 1.54) is 11.1 Å². The van der Waals surface area contributed by atoms with Gasteiger partial charge < -0.3 is 10.2 Å². The van der Waals surface area contributed by atoms with Crippen LogP contribution in [-0.4, -0.2) is 55.4 Å². The number of hydrogen-bond donors (Lipinski definition) is 2. The molecule has 130 valence electrons. The Hall–Kier alpha value is -1.08. The Bertz CT molecular complexity index is 506. The van der Waals surface area contributed by atoms with E-state index < -0.39 is 12.2 Å². The van der Waals surface area contributed by atoms with Gasteiger partial charge in [0, 0.05) is 36.3 Å². The van der Waals surface area contributed by atoms with Crippen LogP contribution in [0.3, 0.4) is 0 Å². The lowest BCUT2D eigenvalue weighted by Gasteiger charge is -2.17. The third-order valence-corrected chi connectivity index (χ3v) is 5.73. The molecule has 4 nitrogen and oxygen atoms in total. The lowest BCUT2D eigenvalue weighted by Crippen LogP contribution is -2.30. The molecule has 2 heterocycles. The van der Waals surface area contributed by atoms with Gasteiger partial charge in [-0.2, -0.15) is 23.5 Å². The van der Waals surface area contributed by atoms with Gasteiger partial charge in [0.05, 0.1) is 12.2 Å². The Morgan fingerprint density at radius 3 is 1.46 bits per heavy atom. The largest absolute Gasteiger partial charge is 0.390 e. The summed E-state index contributed by atoms with van der Waals surface area (Å²) in [6, 6.07) is 8.02. The molecule has 0 aliphatic heterocycles. The number of thioether (sulfide) groups is 2. The standard InChI is InChI=1S/C18H24N2O2S2/c21-17(13-23-11-5-15-1-7-19-8-2-15)18(22)14-24-12-6-16-3-9-20-10-4-16/h1-4,7-10,17-18,21-22H,5-6,11-14H2/t17-,18-/m0/s1. The Labute approximate surface area is 152 Å². The zero-order valence-electron chi connectivity index (χ0n) is 13.6. The highest BCUT2D eigenvalue weighted by Gasteiger charge is 2.16. The number of aliphatic hydroxyl groups is 2. The van der Waals surface area contributed by atoms with Gasteiger partial charge in [-0.15, -0.1) is 0 Å². The fourth-order valence-electron chi connectivity index (χ4n) is 2.11. The summed E-state index contributed by atoms with van der Waals surface area (Å²) in [5, 5.41) is 20.1. The van der Waals surface area contributed by atoms with Crippen LogP contribution in [0, 0.1) is 0 Å². The van der Waals surface area contributed by atoms with Crippen molar-refractivity contribution in [3.63, 3.8) is 0 Å².